The van der Waals surface area contributed by atoms with Gasteiger partial charge in [0.25, 0.3) is 5.56 Å². The molecule has 0 aliphatic heterocycles. The summed E-state index contributed by atoms with van der Waals surface area (Å²) in [6.45, 7) is 0.428. The number of nitrogens with zero attached hydrogens (tertiary/aromatic N) is 1. The fraction of sp³-hybridized carbons (Fsp3) is 0.615. The molecule has 1 heterocycles. The zero-order chi connectivity index (χ0) is 15.4. The zero-order valence-corrected chi connectivity index (χ0v) is 13.2. The third-order valence-corrected chi connectivity index (χ3v) is 4.40. The summed E-state index contributed by atoms with van der Waals surface area (Å²) >= 11 is 3.04. The van der Waals surface area contributed by atoms with Crippen molar-refractivity contribution in [1.29, 1.82) is 0 Å². The van der Waals surface area contributed by atoms with Gasteiger partial charge >= 0.3 is 5.69 Å². The van der Waals surface area contributed by atoms with Gasteiger partial charge in [-0.15, -0.1) is 0 Å². The number of aromatic amines is 1. The van der Waals surface area contributed by atoms with Gasteiger partial charge in [-0.05, 0) is 41.2 Å². The standard InChI is InChI=1S/C13H19BrN4O3/c14-9-6-18(13(21)17-12(9)20)7-11(19)16-10-4-2-1-3-8(10)5-15/h6,8,10H,1-5,7,15H2,(H,16,19)(H,17,20,21). The van der Waals surface area contributed by atoms with Crippen molar-refractivity contribution >= 4 is 21.8 Å². The highest BCUT2D eigenvalue weighted by molar-refractivity contribution is 9.10. The molecule has 8 heteroatoms. The van der Waals surface area contributed by atoms with Crippen LogP contribution < -0.4 is 22.3 Å². The van der Waals surface area contributed by atoms with Crippen LogP contribution in [0.2, 0.25) is 0 Å². The van der Waals surface area contributed by atoms with Crippen LogP contribution in [-0.2, 0) is 11.3 Å². The van der Waals surface area contributed by atoms with Crippen LogP contribution in [-0.4, -0.2) is 28.0 Å². The molecule has 116 valence electrons. The predicted octanol–water partition coefficient (Wildman–Crippen LogP) is -0.0672. The number of carbonyl (C=O) groups is 1. The Kier molecular flexibility index (Phi) is 5.35. The molecule has 1 aromatic rings. The van der Waals surface area contributed by atoms with Crippen LogP contribution in [0.3, 0.4) is 0 Å². The predicted molar refractivity (Wildman–Crippen MR) is 82.0 cm³/mol. The highest BCUT2D eigenvalue weighted by atomic mass is 79.9. The number of hydrogen-bond acceptors (Lipinski definition) is 4. The number of aromatic nitrogens is 2. The molecule has 4 N–H and O–H groups in total. The van der Waals surface area contributed by atoms with Crippen molar-refractivity contribution in [3.63, 3.8) is 0 Å². The van der Waals surface area contributed by atoms with Crippen molar-refractivity contribution in [2.24, 2.45) is 11.7 Å². The largest absolute Gasteiger partial charge is 0.351 e. The van der Waals surface area contributed by atoms with Crippen LogP contribution in [0.4, 0.5) is 0 Å². The van der Waals surface area contributed by atoms with Crippen LogP contribution >= 0.6 is 15.9 Å². The van der Waals surface area contributed by atoms with E-state index < -0.39 is 11.2 Å². The van der Waals surface area contributed by atoms with Gasteiger partial charge in [-0.2, -0.15) is 0 Å². The van der Waals surface area contributed by atoms with Crippen LogP contribution in [0.5, 0.6) is 0 Å². The van der Waals surface area contributed by atoms with Gasteiger partial charge in [0, 0.05) is 12.2 Å². The molecule has 0 aromatic carbocycles. The van der Waals surface area contributed by atoms with Gasteiger partial charge in [-0.3, -0.25) is 19.1 Å². The summed E-state index contributed by atoms with van der Waals surface area (Å²) in [4.78, 5) is 37.1. The van der Waals surface area contributed by atoms with Gasteiger partial charge in [-0.25, -0.2) is 4.79 Å². The van der Waals surface area contributed by atoms with E-state index in [1.807, 2.05) is 0 Å². The number of nitrogens with one attached hydrogen (secondary N) is 2. The Labute approximate surface area is 130 Å². The maximum atomic E-state index is 12.1. The summed E-state index contributed by atoms with van der Waals surface area (Å²) in [7, 11) is 0. The maximum Gasteiger partial charge on any atom is 0.328 e. The second-order valence-electron chi connectivity index (χ2n) is 5.32. The Hall–Kier alpha value is -1.41. The van der Waals surface area contributed by atoms with E-state index in [9.17, 15) is 14.4 Å². The van der Waals surface area contributed by atoms with Crippen molar-refractivity contribution in [3.05, 3.63) is 31.5 Å². The van der Waals surface area contributed by atoms with E-state index >= 15 is 0 Å². The van der Waals surface area contributed by atoms with E-state index in [2.05, 4.69) is 26.2 Å². The van der Waals surface area contributed by atoms with Crippen molar-refractivity contribution < 1.29 is 4.79 Å². The Morgan fingerprint density at radius 3 is 2.86 bits per heavy atom. The van der Waals surface area contributed by atoms with Crippen molar-refractivity contribution in [1.82, 2.24) is 14.9 Å². The van der Waals surface area contributed by atoms with E-state index in [0.717, 1.165) is 25.7 Å². The van der Waals surface area contributed by atoms with Gasteiger partial charge < -0.3 is 11.1 Å². The molecule has 2 atom stereocenters. The summed E-state index contributed by atoms with van der Waals surface area (Å²) in [6, 6.07) is 0.0677. The molecule has 0 bridgehead atoms. The monoisotopic (exact) mass is 358 g/mol. The lowest BCUT2D eigenvalue weighted by Gasteiger charge is -2.31. The average molecular weight is 359 g/mol. The Bertz CT molecular complexity index is 625. The Morgan fingerprint density at radius 1 is 1.43 bits per heavy atom. The fourth-order valence-corrected chi connectivity index (χ4v) is 3.03. The van der Waals surface area contributed by atoms with Crippen LogP contribution in [0.1, 0.15) is 25.7 Å². The van der Waals surface area contributed by atoms with Gasteiger partial charge in [0.05, 0.1) is 4.47 Å². The van der Waals surface area contributed by atoms with Crippen molar-refractivity contribution in [3.8, 4) is 0 Å². The van der Waals surface area contributed by atoms with Gasteiger partial charge in [-0.1, -0.05) is 12.8 Å². The minimum atomic E-state index is -0.600. The summed E-state index contributed by atoms with van der Waals surface area (Å²) in [5.41, 5.74) is 4.62. The molecule has 1 amide bonds. The molecular weight excluding hydrogens is 340 g/mol. The molecule has 1 fully saturated rings. The zero-order valence-electron chi connectivity index (χ0n) is 11.6. The number of H-pyrrole nitrogens is 1. The molecule has 0 saturated heterocycles. The Morgan fingerprint density at radius 2 is 2.14 bits per heavy atom. The van der Waals surface area contributed by atoms with Crippen molar-refractivity contribution in [2.45, 2.75) is 38.3 Å². The number of nitrogens with two attached hydrogens (primary N) is 1. The normalized spacial score (nSPS) is 22.0. The number of rotatable bonds is 4. The van der Waals surface area contributed by atoms with E-state index in [0.29, 0.717) is 12.5 Å². The lowest BCUT2D eigenvalue weighted by atomic mass is 9.84. The molecule has 2 unspecified atom stereocenters. The third-order valence-electron chi connectivity index (χ3n) is 3.84. The van der Waals surface area contributed by atoms with E-state index in [1.165, 1.54) is 10.8 Å². The second kappa shape index (κ2) is 7.04. The molecule has 0 spiro atoms. The molecule has 2 rings (SSSR count). The molecule has 1 saturated carbocycles. The average Bonchev–Trinajstić information content (AvgIpc) is 2.45. The second-order valence-corrected chi connectivity index (χ2v) is 6.17. The Balaban J connectivity index is 2.03. The smallest absolute Gasteiger partial charge is 0.328 e. The summed E-state index contributed by atoms with van der Waals surface area (Å²) in [6.07, 6.45) is 5.47. The highest BCUT2D eigenvalue weighted by Gasteiger charge is 2.25. The topological polar surface area (TPSA) is 110 Å². The fourth-order valence-electron chi connectivity index (χ4n) is 2.69. The molecule has 0 radical (unpaired) electrons. The first-order valence-corrected chi connectivity index (χ1v) is 7.79. The van der Waals surface area contributed by atoms with Gasteiger partial charge in [0.2, 0.25) is 5.91 Å². The summed E-state index contributed by atoms with van der Waals surface area (Å²) in [5.74, 6) is 0.0446. The van der Waals surface area contributed by atoms with Crippen molar-refractivity contribution in [2.75, 3.05) is 6.54 Å². The molecule has 1 aliphatic rings. The number of hydrogen-bond donors (Lipinski definition) is 3. The number of halogens is 1. The first kappa shape index (κ1) is 16.0. The maximum absolute atomic E-state index is 12.1. The number of carbonyl (C=O) groups excluding carboxylic acids is 1. The number of amides is 1. The van der Waals surface area contributed by atoms with E-state index in [4.69, 9.17) is 5.73 Å². The lowest BCUT2D eigenvalue weighted by Crippen LogP contribution is -2.46. The van der Waals surface area contributed by atoms with Crippen LogP contribution in [0, 0.1) is 5.92 Å². The minimum Gasteiger partial charge on any atom is -0.351 e. The SMILES string of the molecule is NCC1CCCCC1NC(=O)Cn1cc(Br)c(=O)[nH]c1=O. The van der Waals surface area contributed by atoms with Crippen LogP contribution in [0.15, 0.2) is 20.3 Å². The van der Waals surface area contributed by atoms with Gasteiger partial charge in [0.15, 0.2) is 0 Å². The first-order valence-electron chi connectivity index (χ1n) is 7.00. The molecule has 21 heavy (non-hydrogen) atoms. The quantitative estimate of drug-likeness (QED) is 0.699. The summed E-state index contributed by atoms with van der Waals surface area (Å²) in [5, 5.41) is 2.94. The highest BCUT2D eigenvalue weighted by Crippen LogP contribution is 2.23. The van der Waals surface area contributed by atoms with E-state index in [1.54, 1.807) is 0 Å². The molecule has 7 nitrogen and oxygen atoms in total. The molecule has 1 aliphatic carbocycles. The molecular formula is C13H19BrN4O3. The van der Waals surface area contributed by atoms with Crippen LogP contribution in [0.25, 0.3) is 0 Å². The lowest BCUT2D eigenvalue weighted by molar-refractivity contribution is -0.123. The van der Waals surface area contributed by atoms with Gasteiger partial charge in [0.1, 0.15) is 6.54 Å². The third kappa shape index (κ3) is 4.04. The van der Waals surface area contributed by atoms with E-state index in [-0.39, 0.29) is 23.0 Å². The minimum absolute atomic E-state index is 0.0677. The summed E-state index contributed by atoms with van der Waals surface area (Å²) < 4.78 is 1.38. The molecule has 1 aromatic heterocycles. The first-order chi connectivity index (χ1) is 10.0.